The van der Waals surface area contributed by atoms with Crippen LogP contribution in [0.15, 0.2) is 78.9 Å². The van der Waals surface area contributed by atoms with Crippen molar-refractivity contribution in [2.24, 2.45) is 0 Å². The standard InChI is InChI=1S/C34H40N4O7/c39-31(35-18-6-22-44-33(40)36-27-13-11-26(12-14-27)32-42-23-24-43-32)17-21-38-19-15-28(16-20-38)45-34(41)37-30-10-5-4-9-29(30)25-7-2-1-3-8-25/h1-5,7-14,28,32H,6,15-24H2,(H,35,39)(H,36,40)(H,37,41). The van der Waals surface area contributed by atoms with E-state index >= 15 is 0 Å². The van der Waals surface area contributed by atoms with Crippen LogP contribution in [0.4, 0.5) is 21.0 Å². The predicted molar refractivity (Wildman–Crippen MR) is 170 cm³/mol. The first-order valence-electron chi connectivity index (χ1n) is 15.4. The van der Waals surface area contributed by atoms with Gasteiger partial charge in [-0.2, -0.15) is 0 Å². The minimum Gasteiger partial charge on any atom is -0.449 e. The van der Waals surface area contributed by atoms with Crippen molar-refractivity contribution in [3.05, 3.63) is 84.4 Å². The van der Waals surface area contributed by atoms with Gasteiger partial charge in [-0.05, 0) is 43.0 Å². The maximum Gasteiger partial charge on any atom is 0.411 e. The van der Waals surface area contributed by atoms with Crippen molar-refractivity contribution >= 4 is 29.5 Å². The highest BCUT2D eigenvalue weighted by molar-refractivity contribution is 5.91. The molecule has 2 aliphatic heterocycles. The summed E-state index contributed by atoms with van der Waals surface area (Å²) in [5, 5.41) is 8.45. The second-order valence-corrected chi connectivity index (χ2v) is 10.9. The first-order valence-corrected chi connectivity index (χ1v) is 15.4. The first-order chi connectivity index (χ1) is 22.0. The van der Waals surface area contributed by atoms with Crippen LogP contribution in [-0.4, -0.2) is 75.1 Å². The van der Waals surface area contributed by atoms with E-state index in [0.717, 1.165) is 29.8 Å². The Labute approximate surface area is 263 Å². The van der Waals surface area contributed by atoms with Crippen molar-refractivity contribution < 1.29 is 33.3 Å². The van der Waals surface area contributed by atoms with E-state index < -0.39 is 12.2 Å². The summed E-state index contributed by atoms with van der Waals surface area (Å²) in [5.74, 6) is -0.0513. The van der Waals surface area contributed by atoms with Crippen LogP contribution < -0.4 is 16.0 Å². The monoisotopic (exact) mass is 616 g/mol. The normalized spacial score (nSPS) is 15.7. The fourth-order valence-corrected chi connectivity index (χ4v) is 5.24. The average Bonchev–Trinajstić information content (AvgIpc) is 3.61. The Morgan fingerprint density at radius 1 is 0.822 bits per heavy atom. The molecule has 0 aliphatic carbocycles. The number of anilines is 2. The Morgan fingerprint density at radius 3 is 2.29 bits per heavy atom. The number of hydrogen-bond donors (Lipinski definition) is 3. The number of nitrogens with zero attached hydrogens (tertiary/aromatic N) is 1. The average molecular weight is 617 g/mol. The van der Waals surface area contributed by atoms with Gasteiger partial charge in [0.15, 0.2) is 6.29 Å². The van der Waals surface area contributed by atoms with E-state index in [9.17, 15) is 14.4 Å². The van der Waals surface area contributed by atoms with Crippen molar-refractivity contribution in [1.82, 2.24) is 10.2 Å². The van der Waals surface area contributed by atoms with Gasteiger partial charge in [0.25, 0.3) is 0 Å². The van der Waals surface area contributed by atoms with E-state index in [4.69, 9.17) is 18.9 Å². The number of likely N-dealkylation sites (tertiary alicyclic amines) is 1. The third kappa shape index (κ3) is 10.0. The number of para-hydroxylation sites is 1. The van der Waals surface area contributed by atoms with Gasteiger partial charge >= 0.3 is 12.2 Å². The van der Waals surface area contributed by atoms with Crippen LogP contribution in [0, 0.1) is 0 Å². The molecule has 0 aromatic heterocycles. The van der Waals surface area contributed by atoms with Crippen molar-refractivity contribution in [2.75, 3.05) is 56.6 Å². The minimum atomic E-state index is -0.552. The molecule has 238 valence electrons. The quantitative estimate of drug-likeness (QED) is 0.226. The van der Waals surface area contributed by atoms with Gasteiger partial charge in [-0.15, -0.1) is 0 Å². The Balaban J connectivity index is 0.905. The van der Waals surface area contributed by atoms with Crippen LogP contribution in [0.25, 0.3) is 11.1 Å². The van der Waals surface area contributed by atoms with Gasteiger partial charge in [-0.25, -0.2) is 9.59 Å². The van der Waals surface area contributed by atoms with Crippen LogP contribution in [0.1, 0.15) is 37.5 Å². The van der Waals surface area contributed by atoms with Crippen LogP contribution in [-0.2, 0) is 23.7 Å². The van der Waals surface area contributed by atoms with E-state index in [1.54, 1.807) is 12.1 Å². The SMILES string of the molecule is O=C(CCN1CCC(OC(=O)Nc2ccccc2-c2ccccc2)CC1)NCCCOC(=O)Nc1ccc(C2OCCO2)cc1. The van der Waals surface area contributed by atoms with Crippen molar-refractivity contribution in [3.8, 4) is 11.1 Å². The van der Waals surface area contributed by atoms with Crippen molar-refractivity contribution in [2.45, 2.75) is 38.1 Å². The molecule has 0 unspecified atom stereocenters. The minimum absolute atomic E-state index is 0.0513. The number of hydrogen-bond acceptors (Lipinski definition) is 8. The zero-order valence-corrected chi connectivity index (χ0v) is 25.2. The molecule has 11 nitrogen and oxygen atoms in total. The number of amides is 3. The molecule has 2 heterocycles. The molecule has 11 heteroatoms. The molecule has 45 heavy (non-hydrogen) atoms. The van der Waals surface area contributed by atoms with Crippen LogP contribution in [0.3, 0.4) is 0 Å². The molecule has 2 fully saturated rings. The summed E-state index contributed by atoms with van der Waals surface area (Å²) in [4.78, 5) is 39.2. The molecule has 0 radical (unpaired) electrons. The second-order valence-electron chi connectivity index (χ2n) is 10.9. The molecule has 3 aromatic carbocycles. The largest absolute Gasteiger partial charge is 0.449 e. The van der Waals surface area contributed by atoms with E-state index in [0.29, 0.717) is 63.4 Å². The fourth-order valence-electron chi connectivity index (χ4n) is 5.24. The maximum atomic E-state index is 12.6. The van der Waals surface area contributed by atoms with E-state index in [2.05, 4.69) is 20.9 Å². The zero-order chi connectivity index (χ0) is 31.3. The van der Waals surface area contributed by atoms with Gasteiger partial charge in [0, 0.05) is 49.4 Å². The van der Waals surface area contributed by atoms with Crippen molar-refractivity contribution in [1.29, 1.82) is 0 Å². The highest BCUT2D eigenvalue weighted by atomic mass is 16.7. The predicted octanol–water partition coefficient (Wildman–Crippen LogP) is 5.56. The highest BCUT2D eigenvalue weighted by Gasteiger charge is 2.23. The molecule has 0 atom stereocenters. The Bertz CT molecular complexity index is 1390. The van der Waals surface area contributed by atoms with Crippen LogP contribution >= 0.6 is 0 Å². The molecular weight excluding hydrogens is 576 g/mol. The summed E-state index contributed by atoms with van der Waals surface area (Å²) in [6.45, 7) is 3.88. The topological polar surface area (TPSA) is 127 Å². The highest BCUT2D eigenvalue weighted by Crippen LogP contribution is 2.28. The summed E-state index contributed by atoms with van der Waals surface area (Å²) < 4.78 is 21.8. The number of piperidine rings is 1. The summed E-state index contributed by atoms with van der Waals surface area (Å²) >= 11 is 0. The lowest BCUT2D eigenvalue weighted by Crippen LogP contribution is -2.40. The Kier molecular flexibility index (Phi) is 11.8. The smallest absolute Gasteiger partial charge is 0.411 e. The number of carbonyl (C=O) groups excluding carboxylic acids is 3. The van der Waals surface area contributed by atoms with Gasteiger partial charge < -0.3 is 29.2 Å². The Morgan fingerprint density at radius 2 is 1.53 bits per heavy atom. The van der Waals surface area contributed by atoms with Crippen LogP contribution in [0.2, 0.25) is 0 Å². The van der Waals surface area contributed by atoms with Crippen LogP contribution in [0.5, 0.6) is 0 Å². The number of benzene rings is 3. The summed E-state index contributed by atoms with van der Waals surface area (Å²) in [6, 6.07) is 24.8. The summed E-state index contributed by atoms with van der Waals surface area (Å²) in [5.41, 5.74) is 4.16. The molecule has 3 amide bonds. The van der Waals surface area contributed by atoms with E-state index in [1.165, 1.54) is 0 Å². The number of nitrogens with one attached hydrogen (secondary N) is 3. The van der Waals surface area contributed by atoms with E-state index in [-0.39, 0.29) is 24.9 Å². The molecule has 2 aliphatic rings. The zero-order valence-electron chi connectivity index (χ0n) is 25.2. The molecule has 2 saturated heterocycles. The molecule has 0 spiro atoms. The number of rotatable bonds is 12. The molecule has 0 bridgehead atoms. The lowest BCUT2D eigenvalue weighted by molar-refractivity contribution is -0.121. The van der Waals surface area contributed by atoms with Gasteiger partial charge in [0.05, 0.1) is 25.5 Å². The third-order valence-corrected chi connectivity index (χ3v) is 7.64. The van der Waals surface area contributed by atoms with Gasteiger partial charge in [0.2, 0.25) is 5.91 Å². The molecule has 3 N–H and O–H groups in total. The van der Waals surface area contributed by atoms with Gasteiger partial charge in [-0.1, -0.05) is 60.7 Å². The number of ether oxygens (including phenoxy) is 4. The molecule has 5 rings (SSSR count). The maximum absolute atomic E-state index is 12.6. The second kappa shape index (κ2) is 16.6. The number of carbonyl (C=O) groups is 3. The first kappa shape index (κ1) is 32.0. The van der Waals surface area contributed by atoms with Gasteiger partial charge in [-0.3, -0.25) is 15.4 Å². The lowest BCUT2D eigenvalue weighted by atomic mass is 10.0. The molecule has 0 saturated carbocycles. The molecule has 3 aromatic rings. The van der Waals surface area contributed by atoms with E-state index in [1.807, 2.05) is 66.7 Å². The van der Waals surface area contributed by atoms with Crippen molar-refractivity contribution in [3.63, 3.8) is 0 Å². The summed E-state index contributed by atoms with van der Waals surface area (Å²) in [7, 11) is 0. The summed E-state index contributed by atoms with van der Waals surface area (Å²) in [6.07, 6.45) is 0.761. The fraction of sp³-hybridized carbons (Fsp3) is 0.382. The molecular formula is C34H40N4O7. The third-order valence-electron chi connectivity index (χ3n) is 7.64. The van der Waals surface area contributed by atoms with Gasteiger partial charge in [0.1, 0.15) is 6.10 Å². The Hall–Kier alpha value is -4.45. The lowest BCUT2D eigenvalue weighted by Gasteiger charge is -2.31.